The molecule has 3 atom stereocenters. The Morgan fingerprint density at radius 1 is 1.45 bits per heavy atom. The first kappa shape index (κ1) is 14.9. The molecule has 2 N–H and O–H groups in total. The van der Waals surface area contributed by atoms with E-state index in [-0.39, 0.29) is 18.2 Å². The predicted octanol–water partition coefficient (Wildman–Crippen LogP) is 2.70. The van der Waals surface area contributed by atoms with Crippen LogP contribution in [0.3, 0.4) is 0 Å². The number of nitrogens with one attached hydrogen (secondary N) is 2. The third-order valence-corrected chi connectivity index (χ3v) is 3.76. The first-order valence-electron chi connectivity index (χ1n) is 7.27. The standard InChI is InChI=1S/C15H24N2O3/c1-10(2)14-12(6-8-20-14)9-16-15(18)17-11(3)13-5-4-7-19-13/h4-5,7,10-12,14H,6,8-9H2,1-3H3,(H2,16,17,18)/t11-,12+,14+/m0/s1. The average Bonchev–Trinajstić information content (AvgIpc) is 3.07. The average molecular weight is 280 g/mol. The van der Waals surface area contributed by atoms with Gasteiger partial charge in [-0.1, -0.05) is 13.8 Å². The minimum Gasteiger partial charge on any atom is -0.467 e. The highest BCUT2D eigenvalue weighted by Gasteiger charge is 2.30. The van der Waals surface area contributed by atoms with Crippen LogP contribution >= 0.6 is 0 Å². The molecule has 1 aliphatic rings. The molecule has 0 saturated carbocycles. The van der Waals surface area contributed by atoms with Gasteiger partial charge in [0, 0.05) is 19.1 Å². The maximum absolute atomic E-state index is 11.9. The molecule has 2 heterocycles. The van der Waals surface area contributed by atoms with Crippen molar-refractivity contribution in [1.29, 1.82) is 0 Å². The first-order chi connectivity index (χ1) is 9.58. The summed E-state index contributed by atoms with van der Waals surface area (Å²) < 4.78 is 11.0. The van der Waals surface area contributed by atoms with Crippen molar-refractivity contribution in [1.82, 2.24) is 10.6 Å². The number of hydrogen-bond acceptors (Lipinski definition) is 3. The van der Waals surface area contributed by atoms with Crippen molar-refractivity contribution in [3.05, 3.63) is 24.2 Å². The lowest BCUT2D eigenvalue weighted by molar-refractivity contribution is 0.0545. The topological polar surface area (TPSA) is 63.5 Å². The van der Waals surface area contributed by atoms with Crippen LogP contribution in [0.25, 0.3) is 0 Å². The summed E-state index contributed by atoms with van der Waals surface area (Å²) in [5, 5.41) is 5.80. The Balaban J connectivity index is 1.75. The lowest BCUT2D eigenvalue weighted by Gasteiger charge is -2.22. The number of hydrogen-bond donors (Lipinski definition) is 2. The second-order valence-corrected chi connectivity index (χ2v) is 5.72. The largest absolute Gasteiger partial charge is 0.467 e. The number of furan rings is 1. The van der Waals surface area contributed by atoms with Crippen LogP contribution in [-0.4, -0.2) is 25.3 Å². The van der Waals surface area contributed by atoms with Gasteiger partial charge in [-0.2, -0.15) is 0 Å². The van der Waals surface area contributed by atoms with Gasteiger partial charge in [0.1, 0.15) is 5.76 Å². The van der Waals surface area contributed by atoms with E-state index < -0.39 is 0 Å². The van der Waals surface area contributed by atoms with Gasteiger partial charge in [-0.3, -0.25) is 0 Å². The predicted molar refractivity (Wildman–Crippen MR) is 76.3 cm³/mol. The molecule has 20 heavy (non-hydrogen) atoms. The van der Waals surface area contributed by atoms with Crippen molar-refractivity contribution in [2.24, 2.45) is 11.8 Å². The Morgan fingerprint density at radius 2 is 2.25 bits per heavy atom. The molecule has 0 bridgehead atoms. The van der Waals surface area contributed by atoms with E-state index in [0.29, 0.717) is 18.4 Å². The van der Waals surface area contributed by atoms with Crippen molar-refractivity contribution < 1.29 is 13.9 Å². The second kappa shape index (κ2) is 6.79. The molecule has 0 radical (unpaired) electrons. The summed E-state index contributed by atoms with van der Waals surface area (Å²) >= 11 is 0. The van der Waals surface area contributed by atoms with Crippen LogP contribution in [0.4, 0.5) is 4.79 Å². The summed E-state index contributed by atoms with van der Waals surface area (Å²) in [5.74, 6) is 1.64. The molecule has 1 saturated heterocycles. The maximum Gasteiger partial charge on any atom is 0.315 e. The molecular weight excluding hydrogens is 256 g/mol. The molecule has 0 unspecified atom stereocenters. The van der Waals surface area contributed by atoms with Crippen LogP contribution in [0.5, 0.6) is 0 Å². The van der Waals surface area contributed by atoms with Gasteiger partial charge >= 0.3 is 6.03 Å². The summed E-state index contributed by atoms with van der Waals surface area (Å²) in [4.78, 5) is 11.9. The van der Waals surface area contributed by atoms with Crippen LogP contribution < -0.4 is 10.6 Å². The molecule has 112 valence electrons. The Hall–Kier alpha value is -1.49. The number of amides is 2. The van der Waals surface area contributed by atoms with Crippen LogP contribution in [0.15, 0.2) is 22.8 Å². The van der Waals surface area contributed by atoms with E-state index in [1.165, 1.54) is 0 Å². The van der Waals surface area contributed by atoms with Gasteiger partial charge in [-0.05, 0) is 31.4 Å². The number of rotatable bonds is 5. The monoisotopic (exact) mass is 280 g/mol. The van der Waals surface area contributed by atoms with Gasteiger partial charge in [0.25, 0.3) is 0 Å². The van der Waals surface area contributed by atoms with Crippen molar-refractivity contribution >= 4 is 6.03 Å². The van der Waals surface area contributed by atoms with E-state index in [9.17, 15) is 4.79 Å². The zero-order valence-corrected chi connectivity index (χ0v) is 12.4. The summed E-state index contributed by atoms with van der Waals surface area (Å²) in [7, 11) is 0. The Labute approximate surface area is 120 Å². The van der Waals surface area contributed by atoms with Gasteiger partial charge in [0.05, 0.1) is 18.4 Å². The molecule has 0 spiro atoms. The molecule has 2 amide bonds. The Morgan fingerprint density at radius 3 is 2.90 bits per heavy atom. The Bertz CT molecular complexity index is 417. The quantitative estimate of drug-likeness (QED) is 0.871. The summed E-state index contributed by atoms with van der Waals surface area (Å²) in [6, 6.07) is 3.37. The Kier molecular flexibility index (Phi) is 5.06. The van der Waals surface area contributed by atoms with Crippen molar-refractivity contribution in [2.45, 2.75) is 39.3 Å². The number of ether oxygens (including phenoxy) is 1. The van der Waals surface area contributed by atoms with E-state index in [1.54, 1.807) is 6.26 Å². The SMILES string of the molecule is CC(C)[C@H]1OCC[C@@H]1CNC(=O)N[C@@H](C)c1ccco1. The zero-order chi connectivity index (χ0) is 14.5. The molecule has 1 fully saturated rings. The lowest BCUT2D eigenvalue weighted by Crippen LogP contribution is -2.41. The summed E-state index contributed by atoms with van der Waals surface area (Å²) in [6.45, 7) is 7.65. The van der Waals surface area contributed by atoms with E-state index >= 15 is 0 Å². The first-order valence-corrected chi connectivity index (χ1v) is 7.27. The van der Waals surface area contributed by atoms with Crippen molar-refractivity contribution in [3.63, 3.8) is 0 Å². The maximum atomic E-state index is 11.9. The van der Waals surface area contributed by atoms with Crippen molar-refractivity contribution in [3.8, 4) is 0 Å². The molecule has 0 aliphatic carbocycles. The van der Waals surface area contributed by atoms with Gasteiger partial charge in [-0.15, -0.1) is 0 Å². The second-order valence-electron chi connectivity index (χ2n) is 5.72. The number of carbonyl (C=O) groups is 1. The molecule has 0 aromatic carbocycles. The fraction of sp³-hybridized carbons (Fsp3) is 0.667. The highest BCUT2D eigenvalue weighted by molar-refractivity contribution is 5.74. The van der Waals surface area contributed by atoms with E-state index in [2.05, 4.69) is 24.5 Å². The minimum absolute atomic E-state index is 0.134. The van der Waals surface area contributed by atoms with Crippen LogP contribution in [0.2, 0.25) is 0 Å². The molecule has 5 nitrogen and oxygen atoms in total. The number of carbonyl (C=O) groups excluding carboxylic acids is 1. The summed E-state index contributed by atoms with van der Waals surface area (Å²) in [5.41, 5.74) is 0. The zero-order valence-electron chi connectivity index (χ0n) is 12.4. The molecule has 5 heteroatoms. The van der Waals surface area contributed by atoms with Crippen molar-refractivity contribution in [2.75, 3.05) is 13.2 Å². The van der Waals surface area contributed by atoms with Crippen LogP contribution in [0.1, 0.15) is 39.0 Å². The summed E-state index contributed by atoms with van der Waals surface area (Å²) in [6.07, 6.45) is 2.86. The van der Waals surface area contributed by atoms with Crippen LogP contribution in [0, 0.1) is 11.8 Å². The van der Waals surface area contributed by atoms with Gasteiger partial charge in [0.2, 0.25) is 0 Å². The molecule has 2 rings (SSSR count). The third-order valence-electron chi connectivity index (χ3n) is 3.76. The van der Waals surface area contributed by atoms with Gasteiger partial charge in [0.15, 0.2) is 0 Å². The lowest BCUT2D eigenvalue weighted by atomic mass is 9.93. The molecule has 1 aromatic rings. The van der Waals surface area contributed by atoms with Gasteiger partial charge < -0.3 is 19.8 Å². The van der Waals surface area contributed by atoms with Crippen LogP contribution in [-0.2, 0) is 4.74 Å². The third kappa shape index (κ3) is 3.76. The normalized spacial score (nSPS) is 23.8. The van der Waals surface area contributed by atoms with E-state index in [4.69, 9.17) is 9.15 Å². The van der Waals surface area contributed by atoms with E-state index in [1.807, 2.05) is 19.1 Å². The highest BCUT2D eigenvalue weighted by Crippen LogP contribution is 2.26. The fourth-order valence-electron chi connectivity index (χ4n) is 2.69. The number of urea groups is 1. The molecular formula is C15H24N2O3. The molecule has 1 aliphatic heterocycles. The molecule has 1 aromatic heterocycles. The van der Waals surface area contributed by atoms with E-state index in [0.717, 1.165) is 18.8 Å². The fourth-order valence-corrected chi connectivity index (χ4v) is 2.69. The smallest absolute Gasteiger partial charge is 0.315 e. The van der Waals surface area contributed by atoms with Gasteiger partial charge in [-0.25, -0.2) is 4.79 Å². The minimum atomic E-state index is -0.164. The highest BCUT2D eigenvalue weighted by atomic mass is 16.5.